The van der Waals surface area contributed by atoms with Gasteiger partial charge in [0, 0.05) is 5.02 Å². The number of rotatable bonds is 2. The molecule has 0 N–H and O–H groups in total. The lowest BCUT2D eigenvalue weighted by Gasteiger charge is -2.12. The maximum Gasteiger partial charge on any atom is 0.280 e. The molecular weight excluding hydrogens is 296 g/mol. The SMILES string of the molecule is CC1=NN(c2ccc(C)c(Cl)c2)C(=O)/C1=C/c1ccccc1. The molecular formula is C18H15ClN2O. The van der Waals surface area contributed by atoms with Crippen molar-refractivity contribution in [2.75, 3.05) is 5.01 Å². The van der Waals surface area contributed by atoms with Gasteiger partial charge in [0.1, 0.15) is 0 Å². The highest BCUT2D eigenvalue weighted by Gasteiger charge is 2.28. The molecule has 0 radical (unpaired) electrons. The van der Waals surface area contributed by atoms with E-state index < -0.39 is 0 Å². The summed E-state index contributed by atoms with van der Waals surface area (Å²) >= 11 is 6.14. The number of halogens is 1. The summed E-state index contributed by atoms with van der Waals surface area (Å²) in [6.45, 7) is 3.76. The fraction of sp³-hybridized carbons (Fsp3) is 0.111. The van der Waals surface area contributed by atoms with Gasteiger partial charge in [0.15, 0.2) is 0 Å². The van der Waals surface area contributed by atoms with Gasteiger partial charge in [-0.25, -0.2) is 0 Å². The highest BCUT2D eigenvalue weighted by atomic mass is 35.5. The molecule has 0 saturated heterocycles. The third kappa shape index (κ3) is 2.68. The average Bonchev–Trinajstić information content (AvgIpc) is 2.79. The number of carbonyl (C=O) groups excluding carboxylic acids is 1. The standard InChI is InChI=1S/C18H15ClN2O/c1-12-8-9-15(11-17(12)19)21-18(22)16(13(2)20-21)10-14-6-4-3-5-7-14/h3-11H,1-2H3/b16-10+. The Morgan fingerprint density at radius 2 is 1.82 bits per heavy atom. The van der Waals surface area contributed by atoms with Crippen molar-refractivity contribution in [1.82, 2.24) is 0 Å². The number of benzene rings is 2. The summed E-state index contributed by atoms with van der Waals surface area (Å²) in [6.07, 6.45) is 1.86. The minimum Gasteiger partial charge on any atom is -0.267 e. The first kappa shape index (κ1) is 14.5. The molecule has 110 valence electrons. The van der Waals surface area contributed by atoms with Crippen molar-refractivity contribution in [1.29, 1.82) is 0 Å². The van der Waals surface area contributed by atoms with Gasteiger partial charge in [-0.15, -0.1) is 0 Å². The minimum atomic E-state index is -0.138. The zero-order valence-electron chi connectivity index (χ0n) is 12.4. The third-order valence-electron chi connectivity index (χ3n) is 3.57. The topological polar surface area (TPSA) is 32.7 Å². The van der Waals surface area contributed by atoms with E-state index in [9.17, 15) is 4.79 Å². The second-order valence-corrected chi connectivity index (χ2v) is 5.61. The lowest BCUT2D eigenvalue weighted by molar-refractivity contribution is -0.114. The fourth-order valence-corrected chi connectivity index (χ4v) is 2.46. The molecule has 2 aromatic carbocycles. The number of nitrogens with zero attached hydrogens (tertiary/aromatic N) is 2. The molecule has 1 aliphatic heterocycles. The number of hydrogen-bond acceptors (Lipinski definition) is 2. The van der Waals surface area contributed by atoms with Crippen LogP contribution in [0.1, 0.15) is 18.1 Å². The van der Waals surface area contributed by atoms with Crippen LogP contribution in [0.4, 0.5) is 5.69 Å². The molecule has 0 fully saturated rings. The molecule has 0 bridgehead atoms. The first-order valence-corrected chi connectivity index (χ1v) is 7.37. The predicted octanol–water partition coefficient (Wildman–Crippen LogP) is 4.45. The number of hydrogen-bond donors (Lipinski definition) is 0. The molecule has 0 spiro atoms. The van der Waals surface area contributed by atoms with Gasteiger partial charge < -0.3 is 0 Å². The van der Waals surface area contributed by atoms with Gasteiger partial charge in [0.2, 0.25) is 0 Å². The van der Waals surface area contributed by atoms with Gasteiger partial charge in [0.05, 0.1) is 17.0 Å². The highest BCUT2D eigenvalue weighted by Crippen LogP contribution is 2.28. The molecule has 3 nitrogen and oxygen atoms in total. The molecule has 0 aromatic heterocycles. The molecule has 4 heteroatoms. The Labute approximate surface area is 134 Å². The van der Waals surface area contributed by atoms with E-state index in [1.54, 1.807) is 6.07 Å². The van der Waals surface area contributed by atoms with E-state index >= 15 is 0 Å². The van der Waals surface area contributed by atoms with Crippen molar-refractivity contribution in [3.8, 4) is 0 Å². The summed E-state index contributed by atoms with van der Waals surface area (Å²) in [6, 6.07) is 15.2. The number of anilines is 1. The van der Waals surface area contributed by atoms with E-state index in [-0.39, 0.29) is 5.91 Å². The molecule has 22 heavy (non-hydrogen) atoms. The van der Waals surface area contributed by atoms with Crippen molar-refractivity contribution in [2.45, 2.75) is 13.8 Å². The van der Waals surface area contributed by atoms with Crippen LogP contribution in [0.2, 0.25) is 5.02 Å². The van der Waals surface area contributed by atoms with Crippen LogP contribution < -0.4 is 5.01 Å². The number of hydrazone groups is 1. The van der Waals surface area contributed by atoms with Crippen LogP contribution in [0.25, 0.3) is 6.08 Å². The Morgan fingerprint density at radius 1 is 1.09 bits per heavy atom. The zero-order chi connectivity index (χ0) is 15.7. The summed E-state index contributed by atoms with van der Waals surface area (Å²) in [5.41, 5.74) is 3.92. The van der Waals surface area contributed by atoms with Crippen molar-refractivity contribution in [3.05, 3.63) is 70.3 Å². The van der Waals surface area contributed by atoms with E-state index in [0.29, 0.717) is 22.0 Å². The Bertz CT molecular complexity index is 794. The normalized spacial score (nSPS) is 16.3. The molecule has 0 atom stereocenters. The monoisotopic (exact) mass is 310 g/mol. The quantitative estimate of drug-likeness (QED) is 0.754. The largest absolute Gasteiger partial charge is 0.280 e. The molecule has 0 aliphatic carbocycles. The first-order valence-electron chi connectivity index (χ1n) is 6.99. The predicted molar refractivity (Wildman–Crippen MR) is 91.2 cm³/mol. The Balaban J connectivity index is 1.96. The molecule has 3 rings (SSSR count). The van der Waals surface area contributed by atoms with Crippen LogP contribution in [0.15, 0.2) is 59.2 Å². The lowest BCUT2D eigenvalue weighted by atomic mass is 10.1. The van der Waals surface area contributed by atoms with Crippen molar-refractivity contribution < 1.29 is 4.79 Å². The molecule has 0 unspecified atom stereocenters. The maximum absolute atomic E-state index is 12.6. The van der Waals surface area contributed by atoms with Crippen LogP contribution in [0, 0.1) is 6.92 Å². The molecule has 0 saturated carbocycles. The summed E-state index contributed by atoms with van der Waals surface area (Å²) in [7, 11) is 0. The first-order chi connectivity index (χ1) is 10.6. The molecule has 1 heterocycles. The summed E-state index contributed by atoms with van der Waals surface area (Å²) in [5.74, 6) is -0.138. The third-order valence-corrected chi connectivity index (χ3v) is 3.98. The van der Waals surface area contributed by atoms with Crippen molar-refractivity contribution in [2.24, 2.45) is 5.10 Å². The van der Waals surface area contributed by atoms with E-state index in [0.717, 1.165) is 11.1 Å². The van der Waals surface area contributed by atoms with Crippen LogP contribution in [-0.2, 0) is 4.79 Å². The summed E-state index contributed by atoms with van der Waals surface area (Å²) in [5, 5.41) is 6.38. The van der Waals surface area contributed by atoms with Crippen LogP contribution >= 0.6 is 11.6 Å². The van der Waals surface area contributed by atoms with Gasteiger partial charge >= 0.3 is 0 Å². The Kier molecular flexibility index (Phi) is 3.82. The summed E-state index contributed by atoms with van der Waals surface area (Å²) < 4.78 is 0. The maximum atomic E-state index is 12.6. The smallest absolute Gasteiger partial charge is 0.267 e. The van der Waals surface area contributed by atoms with Crippen LogP contribution in [0.5, 0.6) is 0 Å². The molecule has 2 aromatic rings. The number of carbonyl (C=O) groups is 1. The van der Waals surface area contributed by atoms with E-state index in [1.165, 1.54) is 5.01 Å². The second kappa shape index (κ2) is 5.78. The molecule has 1 aliphatic rings. The fourth-order valence-electron chi connectivity index (χ4n) is 2.29. The van der Waals surface area contributed by atoms with E-state index in [1.807, 2.05) is 62.4 Å². The van der Waals surface area contributed by atoms with Gasteiger partial charge in [-0.3, -0.25) is 4.79 Å². The van der Waals surface area contributed by atoms with E-state index in [4.69, 9.17) is 11.6 Å². The van der Waals surface area contributed by atoms with Crippen LogP contribution in [-0.4, -0.2) is 11.6 Å². The second-order valence-electron chi connectivity index (χ2n) is 5.20. The van der Waals surface area contributed by atoms with Gasteiger partial charge in [-0.2, -0.15) is 10.1 Å². The Hall–Kier alpha value is -2.39. The average molecular weight is 311 g/mol. The van der Waals surface area contributed by atoms with Crippen molar-refractivity contribution in [3.63, 3.8) is 0 Å². The van der Waals surface area contributed by atoms with E-state index in [2.05, 4.69) is 5.10 Å². The molecule has 1 amide bonds. The summed E-state index contributed by atoms with van der Waals surface area (Å²) in [4.78, 5) is 12.6. The van der Waals surface area contributed by atoms with Gasteiger partial charge in [-0.05, 0) is 43.2 Å². The lowest BCUT2D eigenvalue weighted by Crippen LogP contribution is -2.21. The Morgan fingerprint density at radius 3 is 2.50 bits per heavy atom. The minimum absolute atomic E-state index is 0.138. The van der Waals surface area contributed by atoms with Crippen LogP contribution in [0.3, 0.4) is 0 Å². The van der Waals surface area contributed by atoms with Gasteiger partial charge in [-0.1, -0.05) is 48.0 Å². The van der Waals surface area contributed by atoms with Crippen molar-refractivity contribution >= 4 is 35.0 Å². The number of amides is 1. The highest BCUT2D eigenvalue weighted by molar-refractivity contribution is 6.33. The van der Waals surface area contributed by atoms with Gasteiger partial charge in [0.25, 0.3) is 5.91 Å². The number of aryl methyl sites for hydroxylation is 1. The zero-order valence-corrected chi connectivity index (χ0v) is 13.1.